The van der Waals surface area contributed by atoms with E-state index in [4.69, 9.17) is 4.74 Å². The Hall–Kier alpha value is -2.06. The molecule has 0 radical (unpaired) electrons. The van der Waals surface area contributed by atoms with Crippen LogP contribution in [0.4, 0.5) is 8.78 Å². The number of piperazine rings is 1. The number of hydrogen-bond donors (Lipinski definition) is 1. The van der Waals surface area contributed by atoms with E-state index in [0.717, 1.165) is 38.1 Å². The van der Waals surface area contributed by atoms with Crippen molar-refractivity contribution in [3.8, 4) is 0 Å². The van der Waals surface area contributed by atoms with Crippen molar-refractivity contribution in [1.82, 2.24) is 15.1 Å². The highest BCUT2D eigenvalue weighted by molar-refractivity contribution is 5.94. The Balaban J connectivity index is 1.66. The summed E-state index contributed by atoms with van der Waals surface area (Å²) in [5.74, 6) is -2.48. The van der Waals surface area contributed by atoms with Crippen molar-refractivity contribution >= 4 is 11.8 Å². The minimum atomic E-state index is -1.06. The maximum absolute atomic E-state index is 13.5. The van der Waals surface area contributed by atoms with E-state index in [9.17, 15) is 18.4 Å². The van der Waals surface area contributed by atoms with Gasteiger partial charge >= 0.3 is 0 Å². The van der Waals surface area contributed by atoms with E-state index in [0.29, 0.717) is 26.2 Å². The number of carbonyl (C=O) groups excluding carboxylic acids is 2. The van der Waals surface area contributed by atoms with Crippen molar-refractivity contribution in [3.05, 3.63) is 35.4 Å². The first kappa shape index (κ1) is 19.7. The number of nitrogens with zero attached hydrogens (tertiary/aromatic N) is 2. The van der Waals surface area contributed by atoms with E-state index >= 15 is 0 Å². The monoisotopic (exact) mass is 381 g/mol. The van der Waals surface area contributed by atoms with Gasteiger partial charge in [-0.3, -0.25) is 9.59 Å². The first-order chi connectivity index (χ1) is 13.0. The summed E-state index contributed by atoms with van der Waals surface area (Å²) in [6.45, 7) is 4.05. The number of amides is 2. The topological polar surface area (TPSA) is 61.9 Å². The maximum Gasteiger partial charge on any atom is 0.254 e. The van der Waals surface area contributed by atoms with Gasteiger partial charge in [0.2, 0.25) is 5.91 Å². The van der Waals surface area contributed by atoms with Gasteiger partial charge in [-0.2, -0.15) is 0 Å². The van der Waals surface area contributed by atoms with E-state index < -0.39 is 17.5 Å². The zero-order valence-corrected chi connectivity index (χ0v) is 15.3. The molecule has 6 nitrogen and oxygen atoms in total. The molecular formula is C19H25F2N3O3. The molecule has 1 aromatic rings. The predicted molar refractivity (Wildman–Crippen MR) is 95.3 cm³/mol. The van der Waals surface area contributed by atoms with Gasteiger partial charge in [-0.05, 0) is 31.0 Å². The van der Waals surface area contributed by atoms with Crippen LogP contribution in [-0.2, 0) is 9.53 Å². The van der Waals surface area contributed by atoms with Crippen LogP contribution in [0.2, 0.25) is 0 Å². The summed E-state index contributed by atoms with van der Waals surface area (Å²) in [6.07, 6.45) is 1.88. The van der Waals surface area contributed by atoms with E-state index in [1.807, 2.05) is 0 Å². The van der Waals surface area contributed by atoms with Crippen molar-refractivity contribution in [2.24, 2.45) is 0 Å². The number of benzene rings is 1. The van der Waals surface area contributed by atoms with Gasteiger partial charge < -0.3 is 19.9 Å². The molecule has 27 heavy (non-hydrogen) atoms. The summed E-state index contributed by atoms with van der Waals surface area (Å²) < 4.78 is 32.3. The lowest BCUT2D eigenvalue weighted by Crippen LogP contribution is -2.47. The van der Waals surface area contributed by atoms with Crippen LogP contribution < -0.4 is 5.32 Å². The molecule has 1 unspecified atom stereocenters. The van der Waals surface area contributed by atoms with Crippen molar-refractivity contribution in [3.63, 3.8) is 0 Å². The molecule has 8 heteroatoms. The normalized spacial score (nSPS) is 19.9. The summed E-state index contributed by atoms with van der Waals surface area (Å²) in [5.41, 5.74) is 0.0709. The molecule has 0 aromatic heterocycles. The molecule has 3 rings (SSSR count). The van der Waals surface area contributed by atoms with Gasteiger partial charge in [0.15, 0.2) is 11.6 Å². The Bertz CT molecular complexity index is 674. The molecule has 2 fully saturated rings. The van der Waals surface area contributed by atoms with Crippen molar-refractivity contribution < 1.29 is 23.1 Å². The second kappa shape index (κ2) is 9.23. The first-order valence-corrected chi connectivity index (χ1v) is 9.39. The SMILES string of the molecule is O=C(CCN(CC1CCCO1)C(=O)c1ccc(F)c(F)c1)N1CCNCC1. The molecule has 2 aliphatic rings. The average molecular weight is 381 g/mol. The third-order valence-electron chi connectivity index (χ3n) is 4.97. The van der Waals surface area contributed by atoms with Gasteiger partial charge in [0.25, 0.3) is 5.91 Å². The molecular weight excluding hydrogens is 356 g/mol. The molecule has 0 aliphatic carbocycles. The van der Waals surface area contributed by atoms with Crippen LogP contribution in [0.25, 0.3) is 0 Å². The van der Waals surface area contributed by atoms with Crippen LogP contribution in [0.15, 0.2) is 18.2 Å². The number of carbonyl (C=O) groups is 2. The molecule has 0 bridgehead atoms. The minimum absolute atomic E-state index is 0.00748. The number of ether oxygens (including phenoxy) is 1. The van der Waals surface area contributed by atoms with E-state index in [-0.39, 0.29) is 30.5 Å². The molecule has 1 atom stereocenters. The van der Waals surface area contributed by atoms with Gasteiger partial charge in [-0.15, -0.1) is 0 Å². The fourth-order valence-corrected chi connectivity index (χ4v) is 3.42. The Labute approximate surface area is 157 Å². The third kappa shape index (κ3) is 5.23. The summed E-state index contributed by atoms with van der Waals surface area (Å²) in [7, 11) is 0. The van der Waals surface area contributed by atoms with Crippen LogP contribution in [0.3, 0.4) is 0 Å². The fraction of sp³-hybridized carbons (Fsp3) is 0.579. The summed E-state index contributed by atoms with van der Waals surface area (Å²) >= 11 is 0. The Morgan fingerprint density at radius 2 is 2.00 bits per heavy atom. The summed E-state index contributed by atoms with van der Waals surface area (Å²) in [6, 6.07) is 3.11. The lowest BCUT2D eigenvalue weighted by Gasteiger charge is -2.30. The number of halogens is 2. The molecule has 2 amide bonds. The second-order valence-corrected chi connectivity index (χ2v) is 6.90. The fourth-order valence-electron chi connectivity index (χ4n) is 3.42. The largest absolute Gasteiger partial charge is 0.376 e. The molecule has 1 aromatic carbocycles. The summed E-state index contributed by atoms with van der Waals surface area (Å²) in [5, 5.41) is 3.19. The second-order valence-electron chi connectivity index (χ2n) is 6.90. The van der Waals surface area contributed by atoms with E-state index in [1.165, 1.54) is 11.0 Å². The van der Waals surface area contributed by atoms with Crippen LogP contribution in [-0.4, -0.2) is 73.6 Å². The Kier molecular flexibility index (Phi) is 6.73. The highest BCUT2D eigenvalue weighted by Crippen LogP contribution is 2.17. The van der Waals surface area contributed by atoms with Gasteiger partial charge in [0, 0.05) is 57.9 Å². The molecule has 148 valence electrons. The molecule has 2 aliphatic heterocycles. The lowest BCUT2D eigenvalue weighted by molar-refractivity contribution is -0.132. The molecule has 0 spiro atoms. The van der Waals surface area contributed by atoms with Crippen molar-refractivity contribution in [2.45, 2.75) is 25.4 Å². The zero-order valence-electron chi connectivity index (χ0n) is 15.3. The van der Waals surface area contributed by atoms with Crippen LogP contribution in [0.5, 0.6) is 0 Å². The number of nitrogens with one attached hydrogen (secondary N) is 1. The molecule has 1 N–H and O–H groups in total. The number of hydrogen-bond acceptors (Lipinski definition) is 4. The van der Waals surface area contributed by atoms with E-state index in [1.54, 1.807) is 4.90 Å². The summed E-state index contributed by atoms with van der Waals surface area (Å²) in [4.78, 5) is 28.5. The molecule has 2 heterocycles. The van der Waals surface area contributed by atoms with Gasteiger partial charge in [-0.25, -0.2) is 8.78 Å². The van der Waals surface area contributed by atoms with E-state index in [2.05, 4.69) is 5.32 Å². The average Bonchev–Trinajstić information content (AvgIpc) is 3.20. The predicted octanol–water partition coefficient (Wildman–Crippen LogP) is 1.41. The minimum Gasteiger partial charge on any atom is -0.376 e. The molecule has 0 saturated carbocycles. The first-order valence-electron chi connectivity index (χ1n) is 9.39. The van der Waals surface area contributed by atoms with Crippen LogP contribution >= 0.6 is 0 Å². The van der Waals surface area contributed by atoms with Crippen LogP contribution in [0.1, 0.15) is 29.6 Å². The smallest absolute Gasteiger partial charge is 0.254 e. The highest BCUT2D eigenvalue weighted by Gasteiger charge is 2.25. The van der Waals surface area contributed by atoms with Crippen molar-refractivity contribution in [1.29, 1.82) is 0 Å². The zero-order chi connectivity index (χ0) is 19.2. The van der Waals surface area contributed by atoms with Crippen molar-refractivity contribution in [2.75, 3.05) is 45.9 Å². The molecule has 2 saturated heterocycles. The standard InChI is InChI=1S/C19H25F2N3O3/c20-16-4-3-14(12-17(16)21)19(26)24(13-15-2-1-11-27-15)8-5-18(25)23-9-6-22-7-10-23/h3-4,12,15,22H,1-2,5-11,13H2. The highest BCUT2D eigenvalue weighted by atomic mass is 19.2. The quantitative estimate of drug-likeness (QED) is 0.809. The van der Waals surface area contributed by atoms with Crippen LogP contribution in [0, 0.1) is 11.6 Å². The van der Waals surface area contributed by atoms with Gasteiger partial charge in [-0.1, -0.05) is 0 Å². The third-order valence-corrected chi connectivity index (χ3v) is 4.97. The Morgan fingerprint density at radius 1 is 1.22 bits per heavy atom. The van der Waals surface area contributed by atoms with Gasteiger partial charge in [0.1, 0.15) is 0 Å². The lowest BCUT2D eigenvalue weighted by atomic mass is 10.1. The maximum atomic E-state index is 13.5. The van der Waals surface area contributed by atoms with Gasteiger partial charge in [0.05, 0.1) is 6.10 Å². The Morgan fingerprint density at radius 3 is 2.67 bits per heavy atom. The number of rotatable bonds is 6.